The molecule has 0 bridgehead atoms. The van der Waals surface area contributed by atoms with E-state index in [1.807, 2.05) is 0 Å². The number of fused-ring (bicyclic) bond motifs is 1. The largest absolute Gasteiger partial charge is 0.299 e. The van der Waals surface area contributed by atoms with E-state index >= 15 is 0 Å². The molecule has 1 unspecified atom stereocenters. The van der Waals surface area contributed by atoms with E-state index in [1.54, 1.807) is 0 Å². The maximum absolute atomic E-state index is 12.3. The summed E-state index contributed by atoms with van der Waals surface area (Å²) in [7, 11) is 0. The zero-order chi connectivity index (χ0) is 12.8. The lowest BCUT2D eigenvalue weighted by molar-refractivity contribution is -0.128. The highest BCUT2D eigenvalue weighted by Crippen LogP contribution is 2.38. The SMILES string of the molecule is CC1(C)CCC(CN2Cc3ccccc3C2)C1=O. The molecular formula is C16H21NO. The van der Waals surface area contributed by atoms with Gasteiger partial charge in [-0.2, -0.15) is 0 Å². The quantitative estimate of drug-likeness (QED) is 0.796. The van der Waals surface area contributed by atoms with E-state index in [1.165, 1.54) is 11.1 Å². The van der Waals surface area contributed by atoms with Gasteiger partial charge < -0.3 is 0 Å². The van der Waals surface area contributed by atoms with Crippen LogP contribution in [0.4, 0.5) is 0 Å². The molecule has 2 aliphatic rings. The molecule has 1 aliphatic heterocycles. The van der Waals surface area contributed by atoms with Gasteiger partial charge >= 0.3 is 0 Å². The van der Waals surface area contributed by atoms with Crippen LogP contribution in [0.3, 0.4) is 0 Å². The van der Waals surface area contributed by atoms with Crippen LogP contribution in [0.25, 0.3) is 0 Å². The van der Waals surface area contributed by atoms with Crippen molar-refractivity contribution in [2.75, 3.05) is 6.54 Å². The van der Waals surface area contributed by atoms with E-state index in [-0.39, 0.29) is 11.3 Å². The monoisotopic (exact) mass is 243 g/mol. The third-order valence-electron chi connectivity index (χ3n) is 4.54. The predicted octanol–water partition coefficient (Wildman–Crippen LogP) is 3.01. The lowest BCUT2D eigenvalue weighted by Gasteiger charge is -2.20. The molecule has 1 aliphatic carbocycles. The van der Waals surface area contributed by atoms with Crippen LogP contribution in [0.15, 0.2) is 24.3 Å². The Kier molecular flexibility index (Phi) is 2.78. The third-order valence-corrected chi connectivity index (χ3v) is 4.54. The second kappa shape index (κ2) is 4.20. The van der Waals surface area contributed by atoms with Gasteiger partial charge in [0, 0.05) is 31.0 Å². The van der Waals surface area contributed by atoms with Crippen molar-refractivity contribution in [3.05, 3.63) is 35.4 Å². The predicted molar refractivity (Wildman–Crippen MR) is 72.1 cm³/mol. The standard InChI is InChI=1S/C16H21NO/c1-16(2)8-7-14(15(16)18)11-17-9-12-5-3-4-6-13(12)10-17/h3-6,14H,7-11H2,1-2H3. The average Bonchev–Trinajstić information content (AvgIpc) is 2.85. The van der Waals surface area contributed by atoms with Crippen molar-refractivity contribution in [3.63, 3.8) is 0 Å². The molecule has 0 N–H and O–H groups in total. The molecule has 1 atom stereocenters. The van der Waals surface area contributed by atoms with Gasteiger partial charge in [-0.25, -0.2) is 0 Å². The van der Waals surface area contributed by atoms with E-state index in [2.05, 4.69) is 43.0 Å². The molecule has 0 saturated heterocycles. The average molecular weight is 243 g/mol. The first-order valence-electron chi connectivity index (χ1n) is 6.90. The highest BCUT2D eigenvalue weighted by molar-refractivity contribution is 5.88. The fraction of sp³-hybridized carbons (Fsp3) is 0.562. The number of ketones is 1. The summed E-state index contributed by atoms with van der Waals surface area (Å²) in [5.74, 6) is 0.729. The van der Waals surface area contributed by atoms with Crippen LogP contribution in [0, 0.1) is 11.3 Å². The highest BCUT2D eigenvalue weighted by atomic mass is 16.1. The van der Waals surface area contributed by atoms with Crippen LogP contribution in [0.5, 0.6) is 0 Å². The van der Waals surface area contributed by atoms with Gasteiger partial charge in [0.25, 0.3) is 0 Å². The van der Waals surface area contributed by atoms with Crippen LogP contribution in [0.1, 0.15) is 37.8 Å². The van der Waals surface area contributed by atoms with Crippen LogP contribution in [0.2, 0.25) is 0 Å². The topological polar surface area (TPSA) is 20.3 Å². The van der Waals surface area contributed by atoms with Crippen LogP contribution in [-0.2, 0) is 17.9 Å². The number of rotatable bonds is 2. The number of carbonyl (C=O) groups excluding carboxylic acids is 1. The van der Waals surface area contributed by atoms with Crippen molar-refractivity contribution in [1.82, 2.24) is 4.90 Å². The van der Waals surface area contributed by atoms with Crippen LogP contribution < -0.4 is 0 Å². The molecule has 1 aromatic carbocycles. The van der Waals surface area contributed by atoms with Gasteiger partial charge in [-0.1, -0.05) is 38.1 Å². The summed E-state index contributed by atoms with van der Waals surface area (Å²) in [6.07, 6.45) is 2.12. The van der Waals surface area contributed by atoms with E-state index in [0.717, 1.165) is 32.5 Å². The number of benzene rings is 1. The van der Waals surface area contributed by atoms with Gasteiger partial charge in [-0.3, -0.25) is 9.69 Å². The molecule has 0 radical (unpaired) electrons. The summed E-state index contributed by atoms with van der Waals surface area (Å²) in [5.41, 5.74) is 2.78. The van der Waals surface area contributed by atoms with Gasteiger partial charge in [-0.05, 0) is 24.0 Å². The maximum Gasteiger partial charge on any atom is 0.142 e. The van der Waals surface area contributed by atoms with E-state index in [4.69, 9.17) is 0 Å². The lowest BCUT2D eigenvalue weighted by Crippen LogP contribution is -2.30. The minimum absolute atomic E-state index is 0.0861. The molecule has 0 aromatic heterocycles. The first kappa shape index (κ1) is 11.9. The zero-order valence-corrected chi connectivity index (χ0v) is 11.3. The molecule has 1 fully saturated rings. The second-order valence-corrected chi connectivity index (χ2v) is 6.42. The molecule has 1 aromatic rings. The van der Waals surface area contributed by atoms with Gasteiger partial charge in [0.1, 0.15) is 5.78 Å². The van der Waals surface area contributed by atoms with E-state index < -0.39 is 0 Å². The van der Waals surface area contributed by atoms with Crippen LogP contribution in [-0.4, -0.2) is 17.2 Å². The van der Waals surface area contributed by atoms with Gasteiger partial charge in [-0.15, -0.1) is 0 Å². The Hall–Kier alpha value is -1.15. The fourth-order valence-electron chi connectivity index (χ4n) is 3.36. The summed E-state index contributed by atoms with van der Waals surface area (Å²) in [6, 6.07) is 8.61. The molecule has 2 nitrogen and oxygen atoms in total. The zero-order valence-electron chi connectivity index (χ0n) is 11.3. The molecule has 18 heavy (non-hydrogen) atoms. The summed E-state index contributed by atoms with van der Waals surface area (Å²) >= 11 is 0. The Labute approximate surface area is 109 Å². The maximum atomic E-state index is 12.3. The Balaban J connectivity index is 1.65. The molecular weight excluding hydrogens is 222 g/mol. The minimum Gasteiger partial charge on any atom is -0.299 e. The number of nitrogens with zero attached hydrogens (tertiary/aromatic N) is 1. The van der Waals surface area contributed by atoms with E-state index in [0.29, 0.717) is 5.78 Å². The van der Waals surface area contributed by atoms with Crippen molar-refractivity contribution >= 4 is 5.78 Å². The molecule has 2 heteroatoms. The lowest BCUT2D eigenvalue weighted by atomic mass is 9.89. The number of carbonyl (C=O) groups is 1. The van der Waals surface area contributed by atoms with Gasteiger partial charge in [0.15, 0.2) is 0 Å². The van der Waals surface area contributed by atoms with Crippen molar-refractivity contribution in [1.29, 1.82) is 0 Å². The highest BCUT2D eigenvalue weighted by Gasteiger charge is 2.41. The van der Waals surface area contributed by atoms with Gasteiger partial charge in [0.05, 0.1) is 0 Å². The summed E-state index contributed by atoms with van der Waals surface area (Å²) in [4.78, 5) is 14.7. The molecule has 96 valence electrons. The number of Topliss-reactive ketones (excluding diaryl/α,β-unsaturated/α-hetero) is 1. The molecule has 0 spiro atoms. The van der Waals surface area contributed by atoms with Crippen molar-refractivity contribution in [2.45, 2.75) is 39.8 Å². The first-order chi connectivity index (χ1) is 8.56. The third kappa shape index (κ3) is 1.99. The normalized spacial score (nSPS) is 26.6. The summed E-state index contributed by atoms with van der Waals surface area (Å²) in [5, 5.41) is 0. The Morgan fingerprint density at radius 3 is 2.33 bits per heavy atom. The minimum atomic E-state index is -0.0861. The Morgan fingerprint density at radius 2 is 1.83 bits per heavy atom. The van der Waals surface area contributed by atoms with Crippen molar-refractivity contribution < 1.29 is 4.79 Å². The smallest absolute Gasteiger partial charge is 0.142 e. The summed E-state index contributed by atoms with van der Waals surface area (Å²) < 4.78 is 0. The molecule has 1 saturated carbocycles. The van der Waals surface area contributed by atoms with Gasteiger partial charge in [0.2, 0.25) is 0 Å². The fourth-order valence-corrected chi connectivity index (χ4v) is 3.36. The van der Waals surface area contributed by atoms with Crippen molar-refractivity contribution in [3.8, 4) is 0 Å². The Bertz CT molecular complexity index is 453. The number of hydrogen-bond donors (Lipinski definition) is 0. The molecule has 0 amide bonds. The molecule has 1 heterocycles. The Morgan fingerprint density at radius 1 is 1.22 bits per heavy atom. The van der Waals surface area contributed by atoms with Crippen molar-refractivity contribution in [2.24, 2.45) is 11.3 Å². The molecule has 3 rings (SSSR count). The number of hydrogen-bond acceptors (Lipinski definition) is 2. The first-order valence-corrected chi connectivity index (χ1v) is 6.90. The second-order valence-electron chi connectivity index (χ2n) is 6.42. The van der Waals surface area contributed by atoms with E-state index in [9.17, 15) is 4.79 Å². The summed E-state index contributed by atoms with van der Waals surface area (Å²) in [6.45, 7) is 7.15. The van der Waals surface area contributed by atoms with Crippen LogP contribution >= 0.6 is 0 Å².